The van der Waals surface area contributed by atoms with Gasteiger partial charge in [-0.1, -0.05) is 36.0 Å². The third kappa shape index (κ3) is 5.42. The van der Waals surface area contributed by atoms with Gasteiger partial charge in [-0.05, 0) is 61.0 Å². The van der Waals surface area contributed by atoms with Crippen molar-refractivity contribution in [2.45, 2.75) is 17.6 Å². The summed E-state index contributed by atoms with van der Waals surface area (Å²) in [5.41, 5.74) is 2.71. The van der Waals surface area contributed by atoms with Crippen LogP contribution in [0.4, 0.5) is 20.2 Å². The number of rotatable bonds is 6. The van der Waals surface area contributed by atoms with E-state index >= 15 is 0 Å². The lowest BCUT2D eigenvalue weighted by Gasteiger charge is -2.14. The van der Waals surface area contributed by atoms with Crippen molar-refractivity contribution in [2.24, 2.45) is 0 Å². The van der Waals surface area contributed by atoms with Crippen LogP contribution in [0.3, 0.4) is 0 Å². The van der Waals surface area contributed by atoms with Gasteiger partial charge in [-0.3, -0.25) is 9.59 Å². The number of alkyl halides is 2. The van der Waals surface area contributed by atoms with E-state index in [9.17, 15) is 18.4 Å². The molecule has 7 heteroatoms. The third-order valence-corrected chi connectivity index (χ3v) is 4.93. The van der Waals surface area contributed by atoms with Gasteiger partial charge in [0, 0.05) is 27.4 Å². The van der Waals surface area contributed by atoms with Crippen molar-refractivity contribution in [2.75, 3.05) is 10.6 Å². The highest BCUT2D eigenvalue weighted by Crippen LogP contribution is 2.27. The fourth-order valence-electron chi connectivity index (χ4n) is 2.67. The Morgan fingerprint density at radius 2 is 1.28 bits per heavy atom. The first kappa shape index (κ1) is 20.5. The van der Waals surface area contributed by atoms with Crippen molar-refractivity contribution >= 4 is 35.0 Å². The van der Waals surface area contributed by atoms with Gasteiger partial charge < -0.3 is 10.6 Å². The second-order valence-corrected chi connectivity index (χ2v) is 7.22. The SMILES string of the molecule is Cc1c(NC(=O)c2ccccc2)cccc1NC(=O)c1ccc(SC(F)F)cc1. The number of amides is 2. The van der Waals surface area contributed by atoms with Crippen LogP contribution < -0.4 is 10.6 Å². The van der Waals surface area contributed by atoms with E-state index in [2.05, 4.69) is 10.6 Å². The van der Waals surface area contributed by atoms with E-state index in [0.717, 1.165) is 0 Å². The van der Waals surface area contributed by atoms with E-state index in [1.54, 1.807) is 49.4 Å². The number of halogens is 2. The molecule has 3 aromatic carbocycles. The molecule has 0 bridgehead atoms. The molecule has 0 aliphatic rings. The second-order valence-electron chi connectivity index (χ2n) is 6.16. The average Bonchev–Trinajstić information content (AvgIpc) is 2.71. The number of benzene rings is 3. The number of hydrogen-bond acceptors (Lipinski definition) is 3. The summed E-state index contributed by atoms with van der Waals surface area (Å²) in [5, 5.41) is 5.64. The van der Waals surface area contributed by atoms with E-state index < -0.39 is 5.76 Å². The van der Waals surface area contributed by atoms with E-state index in [4.69, 9.17) is 0 Å². The van der Waals surface area contributed by atoms with Crippen LogP contribution in [0.1, 0.15) is 26.3 Å². The Balaban J connectivity index is 1.72. The molecule has 0 saturated carbocycles. The lowest BCUT2D eigenvalue weighted by Crippen LogP contribution is -2.15. The number of carbonyl (C=O) groups is 2. The normalized spacial score (nSPS) is 10.6. The lowest BCUT2D eigenvalue weighted by atomic mass is 10.1. The molecule has 3 rings (SSSR count). The largest absolute Gasteiger partial charge is 0.322 e. The van der Waals surface area contributed by atoms with Gasteiger partial charge in [0.05, 0.1) is 0 Å². The predicted molar refractivity (Wildman–Crippen MR) is 112 cm³/mol. The summed E-state index contributed by atoms with van der Waals surface area (Å²) in [6.45, 7) is 1.79. The van der Waals surface area contributed by atoms with Gasteiger partial charge >= 0.3 is 0 Å². The molecule has 0 spiro atoms. The van der Waals surface area contributed by atoms with Crippen LogP contribution in [0.15, 0.2) is 77.7 Å². The molecule has 148 valence electrons. The van der Waals surface area contributed by atoms with Crippen LogP contribution in [0.25, 0.3) is 0 Å². The van der Waals surface area contributed by atoms with E-state index in [-0.39, 0.29) is 11.8 Å². The molecule has 29 heavy (non-hydrogen) atoms. The van der Waals surface area contributed by atoms with Crippen LogP contribution in [-0.2, 0) is 0 Å². The molecule has 4 nitrogen and oxygen atoms in total. The minimum atomic E-state index is -2.51. The minimum absolute atomic E-state index is 0.246. The standard InChI is InChI=1S/C22H18F2N2O2S/c1-14-18(25-20(27)15-6-3-2-4-7-15)8-5-9-19(14)26-21(28)16-10-12-17(13-11-16)29-22(23)24/h2-13,22H,1H3,(H,25,27)(H,26,28). The number of thioether (sulfide) groups is 1. The molecule has 0 unspecified atom stereocenters. The predicted octanol–water partition coefficient (Wildman–Crippen LogP) is 5.81. The fourth-order valence-corrected chi connectivity index (χ4v) is 3.17. The summed E-state index contributed by atoms with van der Waals surface area (Å²) in [6, 6.07) is 20.0. The van der Waals surface area contributed by atoms with Crippen LogP contribution in [0.5, 0.6) is 0 Å². The third-order valence-electron chi connectivity index (χ3n) is 4.21. The molecular formula is C22H18F2N2O2S. The number of carbonyl (C=O) groups excluding carboxylic acids is 2. The van der Waals surface area contributed by atoms with E-state index in [1.807, 2.05) is 6.07 Å². The van der Waals surface area contributed by atoms with Gasteiger partial charge in [-0.2, -0.15) is 8.78 Å². The second kappa shape index (κ2) is 9.34. The summed E-state index contributed by atoms with van der Waals surface area (Å²) < 4.78 is 24.8. The number of hydrogen-bond donors (Lipinski definition) is 2. The zero-order chi connectivity index (χ0) is 20.8. The number of nitrogens with one attached hydrogen (secondary N) is 2. The topological polar surface area (TPSA) is 58.2 Å². The molecule has 0 saturated heterocycles. The Morgan fingerprint density at radius 1 is 0.759 bits per heavy atom. The smallest absolute Gasteiger partial charge is 0.288 e. The monoisotopic (exact) mass is 412 g/mol. The molecule has 3 aromatic rings. The summed E-state index contributed by atoms with van der Waals surface area (Å²) in [5.74, 6) is -3.12. The first-order chi connectivity index (χ1) is 13.9. The zero-order valence-corrected chi connectivity index (χ0v) is 16.3. The molecule has 0 aliphatic heterocycles. The van der Waals surface area contributed by atoms with Crippen molar-refractivity contribution in [1.29, 1.82) is 0 Å². The maximum absolute atomic E-state index is 12.5. The highest BCUT2D eigenvalue weighted by molar-refractivity contribution is 7.99. The molecule has 0 fully saturated rings. The van der Waals surface area contributed by atoms with Crippen molar-refractivity contribution < 1.29 is 18.4 Å². The van der Waals surface area contributed by atoms with E-state index in [0.29, 0.717) is 44.7 Å². The summed E-state index contributed by atoms with van der Waals surface area (Å²) >= 11 is 0.426. The van der Waals surface area contributed by atoms with Crippen molar-refractivity contribution in [3.8, 4) is 0 Å². The van der Waals surface area contributed by atoms with Gasteiger partial charge in [0.2, 0.25) is 0 Å². The number of anilines is 2. The van der Waals surface area contributed by atoms with Gasteiger partial charge in [-0.15, -0.1) is 0 Å². The lowest BCUT2D eigenvalue weighted by molar-refractivity contribution is 0.101. The first-order valence-corrected chi connectivity index (χ1v) is 9.64. The zero-order valence-electron chi connectivity index (χ0n) is 15.5. The highest BCUT2D eigenvalue weighted by atomic mass is 32.2. The van der Waals surface area contributed by atoms with Crippen molar-refractivity contribution in [1.82, 2.24) is 0 Å². The van der Waals surface area contributed by atoms with Crippen LogP contribution in [0.2, 0.25) is 0 Å². The molecule has 0 aliphatic carbocycles. The quantitative estimate of drug-likeness (QED) is 0.502. The fraction of sp³-hybridized carbons (Fsp3) is 0.0909. The Bertz CT molecular complexity index is 1010. The molecule has 0 radical (unpaired) electrons. The van der Waals surface area contributed by atoms with Gasteiger partial charge in [0.25, 0.3) is 17.6 Å². The molecular weight excluding hydrogens is 394 g/mol. The molecule has 2 N–H and O–H groups in total. The first-order valence-electron chi connectivity index (χ1n) is 8.76. The Hall–Kier alpha value is -3.19. The Kier molecular flexibility index (Phi) is 6.61. The van der Waals surface area contributed by atoms with Gasteiger partial charge in [0.15, 0.2) is 0 Å². The van der Waals surface area contributed by atoms with Crippen LogP contribution >= 0.6 is 11.8 Å². The van der Waals surface area contributed by atoms with Crippen LogP contribution in [-0.4, -0.2) is 17.6 Å². The maximum atomic E-state index is 12.5. The van der Waals surface area contributed by atoms with E-state index in [1.165, 1.54) is 24.3 Å². The van der Waals surface area contributed by atoms with Crippen molar-refractivity contribution in [3.63, 3.8) is 0 Å². The molecule has 0 atom stereocenters. The van der Waals surface area contributed by atoms with Gasteiger partial charge in [-0.25, -0.2) is 0 Å². The Morgan fingerprint density at radius 3 is 1.79 bits per heavy atom. The summed E-state index contributed by atoms with van der Waals surface area (Å²) in [7, 11) is 0. The molecule has 2 amide bonds. The Labute approximate surface area is 171 Å². The van der Waals surface area contributed by atoms with Crippen LogP contribution in [0, 0.1) is 6.92 Å². The van der Waals surface area contributed by atoms with Crippen molar-refractivity contribution in [3.05, 3.63) is 89.5 Å². The minimum Gasteiger partial charge on any atom is -0.322 e. The maximum Gasteiger partial charge on any atom is 0.288 e. The average molecular weight is 412 g/mol. The highest BCUT2D eigenvalue weighted by Gasteiger charge is 2.13. The summed E-state index contributed by atoms with van der Waals surface area (Å²) in [4.78, 5) is 25.3. The van der Waals surface area contributed by atoms with Gasteiger partial charge in [0.1, 0.15) is 0 Å². The molecule has 0 heterocycles. The molecule has 0 aromatic heterocycles. The summed E-state index contributed by atoms with van der Waals surface area (Å²) in [6.07, 6.45) is 0.